The molecule has 24 heavy (non-hydrogen) atoms. The molecule has 0 aromatic rings. The van der Waals surface area contributed by atoms with Crippen LogP contribution in [0.15, 0.2) is 0 Å². The third-order valence-electron chi connectivity index (χ3n) is 9.39. The summed E-state index contributed by atoms with van der Waals surface area (Å²) >= 11 is 0. The molecule has 0 aromatic heterocycles. The standard InChI is InChI=1S/C21H34O3/c1-13(22)21(24)11-8-18-16-5-4-14-12-15(23)6-9-19(14,2)17(16)7-10-20(18,21)3/h13-14,16-18,22,24H,4-12H2,1-3H3/t13-,14-,16+,17-,18-,19-,20-,21-/m0/s1. The summed E-state index contributed by atoms with van der Waals surface area (Å²) in [5.41, 5.74) is -0.734. The number of carbonyl (C=O) groups is 1. The number of Topliss-reactive ketones (excluding diaryl/α,β-unsaturated/α-hetero) is 1. The lowest BCUT2D eigenvalue weighted by Gasteiger charge is -2.61. The fraction of sp³-hybridized carbons (Fsp3) is 0.952. The first kappa shape index (κ1) is 17.0. The summed E-state index contributed by atoms with van der Waals surface area (Å²) in [4.78, 5) is 12.0. The zero-order valence-electron chi connectivity index (χ0n) is 15.6. The van der Waals surface area contributed by atoms with E-state index in [1.165, 1.54) is 12.8 Å². The number of carbonyl (C=O) groups excluding carboxylic acids is 1. The Hall–Kier alpha value is -0.410. The largest absolute Gasteiger partial charge is 0.390 e. The number of aliphatic hydroxyl groups is 2. The molecule has 0 spiro atoms. The maximum absolute atomic E-state index is 12.0. The van der Waals surface area contributed by atoms with E-state index in [0.717, 1.165) is 44.9 Å². The van der Waals surface area contributed by atoms with Gasteiger partial charge in [0.25, 0.3) is 0 Å². The average Bonchev–Trinajstić information content (AvgIpc) is 2.81. The predicted molar refractivity (Wildman–Crippen MR) is 93.4 cm³/mol. The minimum absolute atomic E-state index is 0.143. The summed E-state index contributed by atoms with van der Waals surface area (Å²) in [6.07, 6.45) is 8.38. The monoisotopic (exact) mass is 334 g/mol. The minimum atomic E-state index is -0.914. The molecule has 4 rings (SSSR count). The Morgan fingerprint density at radius 1 is 1.04 bits per heavy atom. The Labute approximate surface area is 146 Å². The molecule has 3 nitrogen and oxygen atoms in total. The Morgan fingerprint density at radius 2 is 1.75 bits per heavy atom. The van der Waals surface area contributed by atoms with Gasteiger partial charge in [-0.3, -0.25) is 4.79 Å². The zero-order valence-corrected chi connectivity index (χ0v) is 15.6. The van der Waals surface area contributed by atoms with Crippen molar-refractivity contribution in [3.63, 3.8) is 0 Å². The number of rotatable bonds is 1. The van der Waals surface area contributed by atoms with Crippen molar-refractivity contribution in [1.29, 1.82) is 0 Å². The molecule has 0 heterocycles. The van der Waals surface area contributed by atoms with Crippen LogP contribution in [0.2, 0.25) is 0 Å². The molecule has 0 radical (unpaired) electrons. The second kappa shape index (κ2) is 5.30. The first-order valence-corrected chi connectivity index (χ1v) is 10.1. The van der Waals surface area contributed by atoms with Crippen molar-refractivity contribution in [2.45, 2.75) is 90.3 Å². The lowest BCUT2D eigenvalue weighted by molar-refractivity contribution is -0.183. The Morgan fingerprint density at radius 3 is 2.46 bits per heavy atom. The number of hydrogen-bond donors (Lipinski definition) is 2. The van der Waals surface area contributed by atoms with Gasteiger partial charge < -0.3 is 10.2 Å². The molecule has 4 fully saturated rings. The van der Waals surface area contributed by atoms with Crippen molar-refractivity contribution < 1.29 is 15.0 Å². The molecule has 4 aliphatic rings. The molecule has 136 valence electrons. The van der Waals surface area contributed by atoms with Crippen LogP contribution in [-0.2, 0) is 4.79 Å². The van der Waals surface area contributed by atoms with E-state index in [1.807, 2.05) is 0 Å². The Kier molecular flexibility index (Phi) is 3.76. The van der Waals surface area contributed by atoms with Crippen LogP contribution in [0.25, 0.3) is 0 Å². The van der Waals surface area contributed by atoms with Gasteiger partial charge >= 0.3 is 0 Å². The highest BCUT2D eigenvalue weighted by atomic mass is 16.3. The van der Waals surface area contributed by atoms with Gasteiger partial charge in [-0.2, -0.15) is 0 Å². The van der Waals surface area contributed by atoms with Gasteiger partial charge in [0, 0.05) is 18.3 Å². The van der Waals surface area contributed by atoms with Gasteiger partial charge in [0.05, 0.1) is 11.7 Å². The third kappa shape index (κ3) is 2.00. The lowest BCUT2D eigenvalue weighted by Crippen LogP contribution is -2.59. The number of fused-ring (bicyclic) bond motifs is 5. The van der Waals surface area contributed by atoms with Crippen molar-refractivity contribution in [1.82, 2.24) is 0 Å². The highest BCUT2D eigenvalue weighted by Gasteiger charge is 2.65. The normalized spacial score (nSPS) is 55.5. The van der Waals surface area contributed by atoms with E-state index in [1.54, 1.807) is 6.92 Å². The minimum Gasteiger partial charge on any atom is -0.390 e. The van der Waals surface area contributed by atoms with E-state index in [4.69, 9.17) is 0 Å². The van der Waals surface area contributed by atoms with Gasteiger partial charge in [0.1, 0.15) is 5.78 Å². The van der Waals surface area contributed by atoms with Crippen molar-refractivity contribution in [2.75, 3.05) is 0 Å². The van der Waals surface area contributed by atoms with Gasteiger partial charge in [-0.1, -0.05) is 13.8 Å². The zero-order chi connectivity index (χ0) is 17.3. The average molecular weight is 335 g/mol. The summed E-state index contributed by atoms with van der Waals surface area (Å²) in [6.45, 7) is 6.47. The first-order valence-electron chi connectivity index (χ1n) is 10.1. The molecule has 0 aliphatic heterocycles. The molecular formula is C21H34O3. The second-order valence-corrected chi connectivity index (χ2v) is 9.99. The lowest BCUT2D eigenvalue weighted by atomic mass is 9.44. The van der Waals surface area contributed by atoms with Crippen LogP contribution < -0.4 is 0 Å². The van der Waals surface area contributed by atoms with E-state index < -0.39 is 11.7 Å². The summed E-state index contributed by atoms with van der Waals surface area (Å²) in [5.74, 6) is 2.97. The fourth-order valence-corrected chi connectivity index (χ4v) is 7.78. The van der Waals surface area contributed by atoms with Crippen LogP contribution >= 0.6 is 0 Å². The van der Waals surface area contributed by atoms with E-state index in [9.17, 15) is 15.0 Å². The van der Waals surface area contributed by atoms with Crippen molar-refractivity contribution in [3.8, 4) is 0 Å². The van der Waals surface area contributed by atoms with E-state index in [2.05, 4.69) is 13.8 Å². The van der Waals surface area contributed by atoms with Crippen LogP contribution in [0.1, 0.15) is 78.6 Å². The first-order chi connectivity index (χ1) is 11.2. The van der Waals surface area contributed by atoms with E-state index in [0.29, 0.717) is 34.9 Å². The Balaban J connectivity index is 1.64. The van der Waals surface area contributed by atoms with E-state index in [-0.39, 0.29) is 5.41 Å². The van der Waals surface area contributed by atoms with Crippen LogP contribution in [0.5, 0.6) is 0 Å². The molecule has 0 saturated heterocycles. The van der Waals surface area contributed by atoms with Crippen molar-refractivity contribution >= 4 is 5.78 Å². The van der Waals surface area contributed by atoms with Crippen LogP contribution in [0.4, 0.5) is 0 Å². The number of ketones is 1. The molecular weight excluding hydrogens is 300 g/mol. The highest BCUT2D eigenvalue weighted by molar-refractivity contribution is 5.79. The van der Waals surface area contributed by atoms with Crippen LogP contribution in [0, 0.1) is 34.5 Å². The predicted octanol–water partition coefficient (Wildman–Crippen LogP) is 3.71. The van der Waals surface area contributed by atoms with Gasteiger partial charge in [-0.15, -0.1) is 0 Å². The Bertz CT molecular complexity index is 543. The topological polar surface area (TPSA) is 57.5 Å². The maximum Gasteiger partial charge on any atom is 0.133 e. The van der Waals surface area contributed by atoms with Crippen LogP contribution in [0.3, 0.4) is 0 Å². The second-order valence-electron chi connectivity index (χ2n) is 9.99. The molecule has 4 aliphatic carbocycles. The molecule has 0 unspecified atom stereocenters. The molecule has 0 bridgehead atoms. The van der Waals surface area contributed by atoms with Gasteiger partial charge in [-0.25, -0.2) is 0 Å². The quantitative estimate of drug-likeness (QED) is 0.768. The summed E-state index contributed by atoms with van der Waals surface area (Å²) in [6, 6.07) is 0. The smallest absolute Gasteiger partial charge is 0.133 e. The van der Waals surface area contributed by atoms with Gasteiger partial charge in [0.2, 0.25) is 0 Å². The van der Waals surface area contributed by atoms with Crippen LogP contribution in [-0.4, -0.2) is 27.7 Å². The van der Waals surface area contributed by atoms with Crippen molar-refractivity contribution in [3.05, 3.63) is 0 Å². The fourth-order valence-electron chi connectivity index (χ4n) is 7.78. The number of aliphatic hydroxyl groups excluding tert-OH is 1. The summed E-state index contributed by atoms with van der Waals surface area (Å²) in [7, 11) is 0. The molecule has 8 atom stereocenters. The number of hydrogen-bond acceptors (Lipinski definition) is 3. The molecule has 4 saturated carbocycles. The molecule has 0 aromatic carbocycles. The summed E-state index contributed by atoms with van der Waals surface area (Å²) in [5, 5.41) is 21.5. The highest BCUT2D eigenvalue weighted by Crippen LogP contribution is 2.68. The van der Waals surface area contributed by atoms with Gasteiger partial charge in [0.15, 0.2) is 0 Å². The van der Waals surface area contributed by atoms with E-state index >= 15 is 0 Å². The molecule has 3 heteroatoms. The van der Waals surface area contributed by atoms with Gasteiger partial charge in [-0.05, 0) is 81.0 Å². The molecule has 2 N–H and O–H groups in total. The maximum atomic E-state index is 12.0. The summed E-state index contributed by atoms with van der Waals surface area (Å²) < 4.78 is 0. The molecule has 0 amide bonds. The third-order valence-corrected chi connectivity index (χ3v) is 9.39. The SMILES string of the molecule is C[C@H](O)[C@@]1(O)CC[C@H]2[C@@H]3CC[C@H]4CC(=O)CC[C@]4(C)[C@H]3CC[C@@]21C. The van der Waals surface area contributed by atoms with Crippen molar-refractivity contribution in [2.24, 2.45) is 34.5 Å².